The first-order valence-corrected chi connectivity index (χ1v) is 5.46. The normalized spacial score (nSPS) is 13.1. The first kappa shape index (κ1) is 12.2. The molecule has 1 N–H and O–H groups in total. The van der Waals surface area contributed by atoms with Gasteiger partial charge in [-0.3, -0.25) is 4.68 Å². The van der Waals surface area contributed by atoms with Crippen LogP contribution in [0.2, 0.25) is 0 Å². The third-order valence-corrected chi connectivity index (χ3v) is 2.68. The number of ether oxygens (including phenoxy) is 1. The minimum absolute atomic E-state index is 0.123. The Bertz CT molecular complexity index is 296. The van der Waals surface area contributed by atoms with Crippen LogP contribution in [-0.4, -0.2) is 30.0 Å². The van der Waals surface area contributed by atoms with E-state index in [1.54, 1.807) is 7.11 Å². The van der Waals surface area contributed by atoms with Crippen molar-refractivity contribution in [2.45, 2.75) is 33.4 Å². The van der Waals surface area contributed by atoms with E-state index in [2.05, 4.69) is 24.3 Å². The van der Waals surface area contributed by atoms with E-state index in [0.717, 1.165) is 19.6 Å². The van der Waals surface area contributed by atoms with Gasteiger partial charge in [-0.1, -0.05) is 6.92 Å². The second-order valence-corrected chi connectivity index (χ2v) is 3.64. The van der Waals surface area contributed by atoms with E-state index >= 15 is 0 Å². The fraction of sp³-hybridized carbons (Fsp3) is 0.727. The minimum atomic E-state index is 0.123. The summed E-state index contributed by atoms with van der Waals surface area (Å²) in [4.78, 5) is 0. The van der Waals surface area contributed by atoms with Crippen LogP contribution >= 0.6 is 0 Å². The second-order valence-electron chi connectivity index (χ2n) is 3.64. The smallest absolute Gasteiger partial charge is 0.0826 e. The first-order valence-electron chi connectivity index (χ1n) is 5.46. The lowest BCUT2D eigenvalue weighted by molar-refractivity contribution is 0.119. The SMILES string of the molecule is CCNCCn1ncc([C@@H](C)OC)c1C. The number of hydrogen-bond donors (Lipinski definition) is 1. The van der Waals surface area contributed by atoms with Gasteiger partial charge in [-0.05, 0) is 20.4 Å². The monoisotopic (exact) mass is 211 g/mol. The van der Waals surface area contributed by atoms with Gasteiger partial charge in [0.2, 0.25) is 0 Å². The van der Waals surface area contributed by atoms with E-state index in [0.29, 0.717) is 0 Å². The van der Waals surface area contributed by atoms with Crippen LogP contribution in [0.25, 0.3) is 0 Å². The quantitative estimate of drug-likeness (QED) is 0.725. The van der Waals surface area contributed by atoms with Crippen LogP contribution < -0.4 is 5.32 Å². The molecular weight excluding hydrogens is 190 g/mol. The molecule has 0 saturated heterocycles. The van der Waals surface area contributed by atoms with Crippen LogP contribution in [0.4, 0.5) is 0 Å². The lowest BCUT2D eigenvalue weighted by atomic mass is 10.2. The molecule has 0 aliphatic carbocycles. The van der Waals surface area contributed by atoms with Gasteiger partial charge in [0.25, 0.3) is 0 Å². The lowest BCUT2D eigenvalue weighted by Crippen LogP contribution is -2.20. The zero-order valence-electron chi connectivity index (χ0n) is 10.1. The fourth-order valence-electron chi connectivity index (χ4n) is 1.57. The van der Waals surface area contributed by atoms with Crippen molar-refractivity contribution in [3.63, 3.8) is 0 Å². The van der Waals surface area contributed by atoms with Gasteiger partial charge in [-0.2, -0.15) is 5.10 Å². The molecule has 1 rings (SSSR count). The molecule has 4 nitrogen and oxygen atoms in total. The van der Waals surface area contributed by atoms with Crippen LogP contribution in [0, 0.1) is 6.92 Å². The summed E-state index contributed by atoms with van der Waals surface area (Å²) in [6, 6.07) is 0. The maximum atomic E-state index is 5.29. The third kappa shape index (κ3) is 3.04. The molecule has 1 aromatic heterocycles. The molecule has 1 heterocycles. The molecule has 0 radical (unpaired) electrons. The Balaban J connectivity index is 2.63. The summed E-state index contributed by atoms with van der Waals surface area (Å²) in [6.45, 7) is 9.11. The summed E-state index contributed by atoms with van der Waals surface area (Å²) in [5.74, 6) is 0. The molecule has 0 unspecified atom stereocenters. The van der Waals surface area contributed by atoms with Crippen LogP contribution in [0.1, 0.15) is 31.2 Å². The number of likely N-dealkylation sites (N-methyl/N-ethyl adjacent to an activating group) is 1. The number of nitrogens with one attached hydrogen (secondary N) is 1. The molecule has 1 aromatic rings. The minimum Gasteiger partial charge on any atom is -0.377 e. The van der Waals surface area contributed by atoms with Crippen molar-refractivity contribution in [3.05, 3.63) is 17.5 Å². The summed E-state index contributed by atoms with van der Waals surface area (Å²) in [5.41, 5.74) is 2.37. The van der Waals surface area contributed by atoms with Gasteiger partial charge < -0.3 is 10.1 Å². The predicted molar refractivity (Wildman–Crippen MR) is 60.9 cm³/mol. The Kier molecular flexibility index (Phi) is 4.78. The van der Waals surface area contributed by atoms with Gasteiger partial charge in [0.05, 0.1) is 18.8 Å². The fourth-order valence-corrected chi connectivity index (χ4v) is 1.57. The van der Waals surface area contributed by atoms with E-state index in [1.807, 2.05) is 17.8 Å². The maximum Gasteiger partial charge on any atom is 0.0826 e. The van der Waals surface area contributed by atoms with Gasteiger partial charge >= 0.3 is 0 Å². The molecule has 86 valence electrons. The molecule has 4 heteroatoms. The number of nitrogens with zero attached hydrogens (tertiary/aromatic N) is 2. The second kappa shape index (κ2) is 5.88. The van der Waals surface area contributed by atoms with Gasteiger partial charge in [-0.25, -0.2) is 0 Å². The topological polar surface area (TPSA) is 39.1 Å². The zero-order valence-corrected chi connectivity index (χ0v) is 10.1. The Hall–Kier alpha value is -0.870. The Morgan fingerprint density at radius 3 is 2.93 bits per heavy atom. The van der Waals surface area contributed by atoms with Crippen molar-refractivity contribution in [3.8, 4) is 0 Å². The number of rotatable bonds is 6. The summed E-state index contributed by atoms with van der Waals surface area (Å²) in [7, 11) is 1.72. The molecule has 0 saturated carbocycles. The highest BCUT2D eigenvalue weighted by Crippen LogP contribution is 2.18. The number of hydrogen-bond acceptors (Lipinski definition) is 3. The van der Waals surface area contributed by atoms with Crippen molar-refractivity contribution in [1.29, 1.82) is 0 Å². The van der Waals surface area contributed by atoms with Crippen LogP contribution in [-0.2, 0) is 11.3 Å². The highest BCUT2D eigenvalue weighted by Gasteiger charge is 2.11. The van der Waals surface area contributed by atoms with E-state index in [4.69, 9.17) is 4.74 Å². The molecule has 1 atom stereocenters. The standard InChI is InChI=1S/C11H21N3O/c1-5-12-6-7-14-9(2)11(8-13-14)10(3)15-4/h8,10,12H,5-7H2,1-4H3/t10-/m1/s1. The molecule has 0 aromatic carbocycles. The molecular formula is C11H21N3O. The van der Waals surface area contributed by atoms with Gasteiger partial charge in [0.1, 0.15) is 0 Å². The lowest BCUT2D eigenvalue weighted by Gasteiger charge is -2.09. The third-order valence-electron chi connectivity index (χ3n) is 2.68. The van der Waals surface area contributed by atoms with Gasteiger partial charge in [-0.15, -0.1) is 0 Å². The molecule has 0 spiro atoms. The number of aromatic nitrogens is 2. The molecule has 0 aliphatic heterocycles. The summed E-state index contributed by atoms with van der Waals surface area (Å²) >= 11 is 0. The predicted octanol–water partition coefficient (Wildman–Crippen LogP) is 1.51. The van der Waals surface area contributed by atoms with Crippen LogP contribution in [0.3, 0.4) is 0 Å². The summed E-state index contributed by atoms with van der Waals surface area (Å²) in [6.07, 6.45) is 2.02. The molecule has 15 heavy (non-hydrogen) atoms. The Morgan fingerprint density at radius 2 is 2.33 bits per heavy atom. The van der Waals surface area contributed by atoms with Crippen molar-refractivity contribution in [2.24, 2.45) is 0 Å². The van der Waals surface area contributed by atoms with Gasteiger partial charge in [0, 0.05) is 24.9 Å². The van der Waals surface area contributed by atoms with Crippen molar-refractivity contribution in [2.75, 3.05) is 20.2 Å². The first-order chi connectivity index (χ1) is 7.20. The van der Waals surface area contributed by atoms with E-state index < -0.39 is 0 Å². The maximum absolute atomic E-state index is 5.29. The zero-order chi connectivity index (χ0) is 11.3. The highest BCUT2D eigenvalue weighted by atomic mass is 16.5. The molecule has 0 fully saturated rings. The van der Waals surface area contributed by atoms with E-state index in [-0.39, 0.29) is 6.10 Å². The summed E-state index contributed by atoms with van der Waals surface area (Å²) in [5, 5.41) is 7.64. The molecule has 0 aliphatic rings. The van der Waals surface area contributed by atoms with Crippen molar-refractivity contribution < 1.29 is 4.74 Å². The van der Waals surface area contributed by atoms with Gasteiger partial charge in [0.15, 0.2) is 0 Å². The summed E-state index contributed by atoms with van der Waals surface area (Å²) < 4.78 is 7.31. The molecule has 0 bridgehead atoms. The van der Waals surface area contributed by atoms with Crippen molar-refractivity contribution >= 4 is 0 Å². The van der Waals surface area contributed by atoms with Crippen molar-refractivity contribution in [1.82, 2.24) is 15.1 Å². The Morgan fingerprint density at radius 1 is 1.60 bits per heavy atom. The van der Waals surface area contributed by atoms with Crippen LogP contribution in [0.15, 0.2) is 6.20 Å². The number of methoxy groups -OCH3 is 1. The van der Waals surface area contributed by atoms with E-state index in [1.165, 1.54) is 11.3 Å². The Labute approximate surface area is 91.6 Å². The highest BCUT2D eigenvalue weighted by molar-refractivity contribution is 5.18. The molecule has 0 amide bonds. The average Bonchev–Trinajstić information content (AvgIpc) is 2.60. The van der Waals surface area contributed by atoms with E-state index in [9.17, 15) is 0 Å². The van der Waals surface area contributed by atoms with Crippen LogP contribution in [0.5, 0.6) is 0 Å². The average molecular weight is 211 g/mol. The largest absolute Gasteiger partial charge is 0.377 e.